The first-order valence-electron chi connectivity index (χ1n) is 10.6. The molecule has 152 valence electrons. The fraction of sp³-hybridized carbons (Fsp3) is 0.520. The van der Waals surface area contributed by atoms with Gasteiger partial charge in [0.15, 0.2) is 5.78 Å². The molecule has 0 saturated heterocycles. The van der Waals surface area contributed by atoms with Crippen LogP contribution in [0.4, 0.5) is 0 Å². The van der Waals surface area contributed by atoms with E-state index in [0.29, 0.717) is 18.1 Å². The Hall–Kier alpha value is -2.16. The number of esters is 1. The lowest BCUT2D eigenvalue weighted by Gasteiger charge is -2.30. The van der Waals surface area contributed by atoms with Crippen molar-refractivity contribution < 1.29 is 14.3 Å². The van der Waals surface area contributed by atoms with Gasteiger partial charge in [-0.1, -0.05) is 87.2 Å². The van der Waals surface area contributed by atoms with Crippen LogP contribution in [0.3, 0.4) is 0 Å². The van der Waals surface area contributed by atoms with Crippen LogP contribution in [-0.2, 0) is 9.53 Å². The van der Waals surface area contributed by atoms with Crippen molar-refractivity contribution in [1.29, 1.82) is 0 Å². The van der Waals surface area contributed by atoms with Crippen LogP contribution in [0, 0.1) is 24.7 Å². The van der Waals surface area contributed by atoms with Crippen molar-refractivity contribution in [2.75, 3.05) is 6.61 Å². The number of hydrogen-bond acceptors (Lipinski definition) is 3. The second kappa shape index (κ2) is 11.0. The van der Waals surface area contributed by atoms with E-state index in [0.717, 1.165) is 31.2 Å². The summed E-state index contributed by atoms with van der Waals surface area (Å²) in [7, 11) is 0. The normalized spacial score (nSPS) is 18.3. The van der Waals surface area contributed by atoms with E-state index in [2.05, 4.69) is 26.0 Å². The molecular weight excluding hydrogens is 348 g/mol. The van der Waals surface area contributed by atoms with Crippen molar-refractivity contribution in [2.45, 2.75) is 59.8 Å². The van der Waals surface area contributed by atoms with Crippen molar-refractivity contribution >= 4 is 11.8 Å². The average Bonchev–Trinajstić information content (AvgIpc) is 2.69. The minimum atomic E-state index is -0.272. The fourth-order valence-corrected chi connectivity index (χ4v) is 3.77. The predicted molar refractivity (Wildman–Crippen MR) is 114 cm³/mol. The first kappa shape index (κ1) is 22.1. The average molecular weight is 383 g/mol. The zero-order valence-corrected chi connectivity index (χ0v) is 17.7. The SMILES string of the molecule is CCCCCOC(=O)CC(C1=CC=CCC1C)C(C)C(=O)c1ccc(C)cc1. The van der Waals surface area contributed by atoms with Gasteiger partial charge in [-0.2, -0.15) is 0 Å². The number of ketones is 1. The van der Waals surface area contributed by atoms with Crippen molar-refractivity contribution in [3.8, 4) is 0 Å². The van der Waals surface area contributed by atoms with Crippen molar-refractivity contribution in [2.24, 2.45) is 17.8 Å². The minimum absolute atomic E-state index is 0.0893. The highest BCUT2D eigenvalue weighted by atomic mass is 16.5. The quantitative estimate of drug-likeness (QED) is 0.280. The molecule has 0 saturated carbocycles. The Kier molecular flexibility index (Phi) is 8.69. The van der Waals surface area contributed by atoms with Crippen LogP contribution in [-0.4, -0.2) is 18.4 Å². The molecule has 3 nitrogen and oxygen atoms in total. The molecular formula is C25H34O3. The Balaban J connectivity index is 2.16. The monoisotopic (exact) mass is 382 g/mol. The van der Waals surface area contributed by atoms with Crippen molar-refractivity contribution in [1.82, 2.24) is 0 Å². The molecule has 1 aliphatic carbocycles. The number of allylic oxidation sites excluding steroid dienone is 4. The second-order valence-electron chi connectivity index (χ2n) is 7.99. The van der Waals surface area contributed by atoms with E-state index in [4.69, 9.17) is 4.74 Å². The molecule has 1 aromatic rings. The molecule has 0 spiro atoms. The summed E-state index contributed by atoms with van der Waals surface area (Å²) in [5.41, 5.74) is 3.02. The molecule has 3 heteroatoms. The first-order valence-corrected chi connectivity index (χ1v) is 10.6. The lowest BCUT2D eigenvalue weighted by molar-refractivity contribution is -0.144. The molecule has 0 aliphatic heterocycles. The zero-order chi connectivity index (χ0) is 20.5. The van der Waals surface area contributed by atoms with Crippen LogP contribution >= 0.6 is 0 Å². The summed E-state index contributed by atoms with van der Waals surface area (Å²) >= 11 is 0. The fourth-order valence-electron chi connectivity index (χ4n) is 3.77. The maximum Gasteiger partial charge on any atom is 0.306 e. The van der Waals surface area contributed by atoms with E-state index < -0.39 is 0 Å². The summed E-state index contributed by atoms with van der Waals surface area (Å²) in [5.74, 6) is -0.187. The van der Waals surface area contributed by atoms with E-state index in [1.807, 2.05) is 44.2 Å². The van der Waals surface area contributed by atoms with Crippen molar-refractivity contribution in [3.05, 3.63) is 59.2 Å². The highest BCUT2D eigenvalue weighted by molar-refractivity contribution is 5.98. The highest BCUT2D eigenvalue weighted by Gasteiger charge is 2.32. The zero-order valence-electron chi connectivity index (χ0n) is 17.7. The van der Waals surface area contributed by atoms with E-state index >= 15 is 0 Å². The summed E-state index contributed by atoms with van der Waals surface area (Å²) in [6.07, 6.45) is 10.5. The third-order valence-corrected chi connectivity index (χ3v) is 5.66. The lowest BCUT2D eigenvalue weighted by atomic mass is 9.74. The van der Waals surface area contributed by atoms with E-state index in [-0.39, 0.29) is 30.0 Å². The van der Waals surface area contributed by atoms with Crippen LogP contribution < -0.4 is 0 Å². The van der Waals surface area contributed by atoms with E-state index in [1.54, 1.807) is 0 Å². The molecule has 3 atom stereocenters. The summed E-state index contributed by atoms with van der Waals surface area (Å²) in [5, 5.41) is 0. The third-order valence-electron chi connectivity index (χ3n) is 5.66. The molecule has 0 fully saturated rings. The van der Waals surface area contributed by atoms with Gasteiger partial charge in [0.2, 0.25) is 0 Å². The van der Waals surface area contributed by atoms with Gasteiger partial charge in [0, 0.05) is 17.4 Å². The summed E-state index contributed by atoms with van der Waals surface area (Å²) < 4.78 is 5.46. The molecule has 3 unspecified atom stereocenters. The molecule has 0 aromatic heterocycles. The van der Waals surface area contributed by atoms with Gasteiger partial charge < -0.3 is 4.74 Å². The Morgan fingerprint density at radius 3 is 2.54 bits per heavy atom. The molecule has 1 aromatic carbocycles. The van der Waals surface area contributed by atoms with Gasteiger partial charge in [0.25, 0.3) is 0 Å². The molecule has 2 rings (SSSR count). The summed E-state index contributed by atoms with van der Waals surface area (Å²) in [6.45, 7) is 8.71. The first-order chi connectivity index (χ1) is 13.4. The molecule has 0 bridgehead atoms. The topological polar surface area (TPSA) is 43.4 Å². The van der Waals surface area contributed by atoms with Crippen LogP contribution in [0.15, 0.2) is 48.1 Å². The largest absolute Gasteiger partial charge is 0.466 e. The number of Topliss-reactive ketones (excluding diaryl/α,β-unsaturated/α-hetero) is 1. The predicted octanol–water partition coefficient (Wildman–Crippen LogP) is 6.08. The Labute approximate surface area is 169 Å². The second-order valence-corrected chi connectivity index (χ2v) is 7.99. The number of rotatable bonds is 10. The minimum Gasteiger partial charge on any atom is -0.466 e. The molecule has 0 heterocycles. The number of benzene rings is 1. The van der Waals surface area contributed by atoms with Gasteiger partial charge in [-0.25, -0.2) is 0 Å². The van der Waals surface area contributed by atoms with E-state index in [1.165, 1.54) is 5.57 Å². The Morgan fingerprint density at radius 2 is 1.89 bits per heavy atom. The van der Waals surface area contributed by atoms with Crippen LogP contribution in [0.25, 0.3) is 0 Å². The van der Waals surface area contributed by atoms with Crippen LogP contribution in [0.1, 0.15) is 68.8 Å². The number of carbonyl (C=O) groups excluding carboxylic acids is 2. The van der Waals surface area contributed by atoms with Crippen LogP contribution in [0.5, 0.6) is 0 Å². The standard InChI is InChI=1S/C25H34O3/c1-5-6-9-16-28-24(26)17-23(22-11-8-7-10-19(22)3)20(4)25(27)21-14-12-18(2)13-15-21/h7-8,11-15,19-20,23H,5-6,9-10,16-17H2,1-4H3. The smallest absolute Gasteiger partial charge is 0.306 e. The number of ether oxygens (including phenoxy) is 1. The number of aryl methyl sites for hydroxylation is 1. The molecule has 0 amide bonds. The van der Waals surface area contributed by atoms with Gasteiger partial charge in [0.1, 0.15) is 0 Å². The highest BCUT2D eigenvalue weighted by Crippen LogP contribution is 2.35. The number of hydrogen-bond donors (Lipinski definition) is 0. The van der Waals surface area contributed by atoms with Crippen LogP contribution in [0.2, 0.25) is 0 Å². The van der Waals surface area contributed by atoms with Gasteiger partial charge in [-0.3, -0.25) is 9.59 Å². The van der Waals surface area contributed by atoms with Gasteiger partial charge >= 0.3 is 5.97 Å². The third kappa shape index (κ3) is 6.19. The maximum atomic E-state index is 13.1. The molecule has 0 radical (unpaired) electrons. The van der Waals surface area contributed by atoms with E-state index in [9.17, 15) is 9.59 Å². The summed E-state index contributed by atoms with van der Waals surface area (Å²) in [6, 6.07) is 7.68. The molecule has 0 N–H and O–H groups in total. The van der Waals surface area contributed by atoms with Gasteiger partial charge in [0.05, 0.1) is 13.0 Å². The Morgan fingerprint density at radius 1 is 1.18 bits per heavy atom. The number of unbranched alkanes of at least 4 members (excludes halogenated alkanes) is 2. The molecule has 28 heavy (non-hydrogen) atoms. The van der Waals surface area contributed by atoms with Crippen molar-refractivity contribution in [3.63, 3.8) is 0 Å². The lowest BCUT2D eigenvalue weighted by Crippen LogP contribution is -2.28. The van der Waals surface area contributed by atoms with Gasteiger partial charge in [-0.15, -0.1) is 0 Å². The number of carbonyl (C=O) groups is 2. The maximum absolute atomic E-state index is 13.1. The Bertz CT molecular complexity index is 712. The summed E-state index contributed by atoms with van der Waals surface area (Å²) in [4.78, 5) is 25.6. The van der Waals surface area contributed by atoms with Gasteiger partial charge in [-0.05, 0) is 25.7 Å². The molecule has 1 aliphatic rings.